The second-order valence-electron chi connectivity index (χ2n) is 6.70. The lowest BCUT2D eigenvalue weighted by Crippen LogP contribution is -2.34. The molecule has 2 N–H and O–H groups in total. The van der Waals surface area contributed by atoms with Gasteiger partial charge in [-0.2, -0.15) is 4.31 Å². The second kappa shape index (κ2) is 7.38. The SMILES string of the molecule is Cc1cc(S(=O)(=O)N2CCC(C)(CN)C2)ccc1OC(C)C.Cl. The lowest BCUT2D eigenvalue weighted by Gasteiger charge is -2.22. The van der Waals surface area contributed by atoms with Gasteiger partial charge in [-0.15, -0.1) is 12.4 Å². The summed E-state index contributed by atoms with van der Waals surface area (Å²) < 4.78 is 32.7. The summed E-state index contributed by atoms with van der Waals surface area (Å²) in [6, 6.07) is 5.05. The van der Waals surface area contributed by atoms with Gasteiger partial charge in [0.25, 0.3) is 0 Å². The number of nitrogens with zero attached hydrogens (tertiary/aromatic N) is 1. The maximum Gasteiger partial charge on any atom is 0.243 e. The van der Waals surface area contributed by atoms with Gasteiger partial charge in [0.2, 0.25) is 10.0 Å². The normalized spacial score (nSPS) is 22.2. The maximum atomic E-state index is 12.8. The van der Waals surface area contributed by atoms with Gasteiger partial charge >= 0.3 is 0 Å². The fraction of sp³-hybridized carbons (Fsp3) is 0.625. The Labute approximate surface area is 145 Å². The molecule has 1 aromatic rings. The van der Waals surface area contributed by atoms with Crippen molar-refractivity contribution >= 4 is 22.4 Å². The van der Waals surface area contributed by atoms with Crippen molar-refractivity contribution in [1.82, 2.24) is 4.31 Å². The zero-order chi connectivity index (χ0) is 16.5. The van der Waals surface area contributed by atoms with Gasteiger partial charge in [-0.25, -0.2) is 8.42 Å². The van der Waals surface area contributed by atoms with Crippen LogP contribution in [0.15, 0.2) is 23.1 Å². The molecule has 23 heavy (non-hydrogen) atoms. The molecule has 0 aliphatic carbocycles. The summed E-state index contributed by atoms with van der Waals surface area (Å²) in [5, 5.41) is 0. The number of sulfonamides is 1. The Bertz CT molecular complexity index is 649. The average Bonchev–Trinajstić information content (AvgIpc) is 2.84. The van der Waals surface area contributed by atoms with Crippen molar-refractivity contribution in [2.45, 2.75) is 45.1 Å². The minimum atomic E-state index is -3.47. The largest absolute Gasteiger partial charge is 0.491 e. The van der Waals surface area contributed by atoms with Crippen LogP contribution < -0.4 is 10.5 Å². The third kappa shape index (κ3) is 4.38. The van der Waals surface area contributed by atoms with Crippen LogP contribution in [0.25, 0.3) is 0 Å². The zero-order valence-corrected chi connectivity index (χ0v) is 15.8. The Kier molecular flexibility index (Phi) is 6.49. The Morgan fingerprint density at radius 3 is 2.52 bits per heavy atom. The smallest absolute Gasteiger partial charge is 0.243 e. The molecule has 1 atom stereocenters. The Morgan fingerprint density at radius 1 is 1.39 bits per heavy atom. The monoisotopic (exact) mass is 362 g/mol. The molecule has 0 bridgehead atoms. The van der Waals surface area contributed by atoms with Gasteiger partial charge in [0.15, 0.2) is 0 Å². The van der Waals surface area contributed by atoms with E-state index in [4.69, 9.17) is 10.5 Å². The number of hydrogen-bond donors (Lipinski definition) is 1. The number of halogens is 1. The average molecular weight is 363 g/mol. The molecule has 0 aromatic heterocycles. The van der Waals surface area contributed by atoms with Gasteiger partial charge in [0.1, 0.15) is 5.75 Å². The predicted octanol–water partition coefficient (Wildman–Crippen LogP) is 2.56. The van der Waals surface area contributed by atoms with Crippen LogP contribution in [0.4, 0.5) is 0 Å². The lowest BCUT2D eigenvalue weighted by molar-refractivity contribution is 0.240. The van der Waals surface area contributed by atoms with E-state index in [-0.39, 0.29) is 23.9 Å². The van der Waals surface area contributed by atoms with E-state index in [1.54, 1.807) is 18.2 Å². The van der Waals surface area contributed by atoms with Crippen molar-refractivity contribution in [3.8, 4) is 5.75 Å². The van der Waals surface area contributed by atoms with E-state index in [1.165, 1.54) is 4.31 Å². The van der Waals surface area contributed by atoms with Gasteiger partial charge in [0, 0.05) is 13.1 Å². The van der Waals surface area contributed by atoms with Gasteiger partial charge in [0.05, 0.1) is 11.0 Å². The minimum Gasteiger partial charge on any atom is -0.491 e. The first kappa shape index (κ1) is 20.2. The summed E-state index contributed by atoms with van der Waals surface area (Å²) in [6.07, 6.45) is 0.862. The predicted molar refractivity (Wildman–Crippen MR) is 94.7 cm³/mol. The Hall–Kier alpha value is -0.820. The van der Waals surface area contributed by atoms with Gasteiger partial charge in [-0.3, -0.25) is 0 Å². The number of ether oxygens (including phenoxy) is 1. The molecule has 0 amide bonds. The van der Waals surface area contributed by atoms with Crippen LogP contribution >= 0.6 is 12.4 Å². The molecule has 0 radical (unpaired) electrons. The number of hydrogen-bond acceptors (Lipinski definition) is 4. The van der Waals surface area contributed by atoms with Gasteiger partial charge < -0.3 is 10.5 Å². The summed E-state index contributed by atoms with van der Waals surface area (Å²) >= 11 is 0. The van der Waals surface area contributed by atoms with Crippen LogP contribution in [-0.2, 0) is 10.0 Å². The molecule has 1 aliphatic rings. The number of benzene rings is 1. The molecule has 1 unspecified atom stereocenters. The van der Waals surface area contributed by atoms with Crippen molar-refractivity contribution in [1.29, 1.82) is 0 Å². The second-order valence-corrected chi connectivity index (χ2v) is 8.64. The zero-order valence-electron chi connectivity index (χ0n) is 14.2. The van der Waals surface area contributed by atoms with Crippen molar-refractivity contribution in [2.24, 2.45) is 11.1 Å². The van der Waals surface area contributed by atoms with Crippen molar-refractivity contribution in [3.63, 3.8) is 0 Å². The van der Waals surface area contributed by atoms with Crippen LogP contribution in [0, 0.1) is 12.3 Å². The molecular formula is C16H27ClN2O3S. The van der Waals surface area contributed by atoms with Crippen LogP contribution in [0.2, 0.25) is 0 Å². The molecule has 1 aromatic carbocycles. The molecule has 2 rings (SSSR count). The van der Waals surface area contributed by atoms with Gasteiger partial charge in [-0.1, -0.05) is 6.92 Å². The molecular weight excluding hydrogens is 336 g/mol. The highest BCUT2D eigenvalue weighted by molar-refractivity contribution is 7.89. The first-order valence-corrected chi connectivity index (χ1v) is 9.09. The fourth-order valence-electron chi connectivity index (χ4n) is 2.67. The van der Waals surface area contributed by atoms with E-state index in [9.17, 15) is 8.42 Å². The Morgan fingerprint density at radius 2 is 2.04 bits per heavy atom. The van der Waals surface area contributed by atoms with Crippen LogP contribution in [0.3, 0.4) is 0 Å². The molecule has 7 heteroatoms. The van der Waals surface area contributed by atoms with Crippen molar-refractivity contribution in [3.05, 3.63) is 23.8 Å². The summed E-state index contributed by atoms with van der Waals surface area (Å²) in [5.41, 5.74) is 6.47. The molecule has 1 aliphatic heterocycles. The molecule has 5 nitrogen and oxygen atoms in total. The quantitative estimate of drug-likeness (QED) is 0.873. The number of aryl methyl sites for hydroxylation is 1. The van der Waals surface area contributed by atoms with E-state index < -0.39 is 10.0 Å². The van der Waals surface area contributed by atoms with Crippen LogP contribution in [0.5, 0.6) is 5.75 Å². The first-order valence-electron chi connectivity index (χ1n) is 7.65. The Balaban J connectivity index is 0.00000264. The van der Waals surface area contributed by atoms with Crippen LogP contribution in [0.1, 0.15) is 32.8 Å². The molecule has 0 saturated carbocycles. The summed E-state index contributed by atoms with van der Waals surface area (Å²) in [4.78, 5) is 0.322. The summed E-state index contributed by atoms with van der Waals surface area (Å²) in [5.74, 6) is 0.724. The summed E-state index contributed by atoms with van der Waals surface area (Å²) in [7, 11) is -3.47. The molecule has 1 saturated heterocycles. The third-order valence-electron chi connectivity index (χ3n) is 4.16. The van der Waals surface area contributed by atoms with E-state index in [1.807, 2.05) is 27.7 Å². The molecule has 1 fully saturated rings. The highest BCUT2D eigenvalue weighted by Gasteiger charge is 2.39. The topological polar surface area (TPSA) is 72.6 Å². The standard InChI is InChI=1S/C16H26N2O3S.ClH/c1-12(2)21-15-6-5-14(9-13(15)3)22(19,20)18-8-7-16(4,10-17)11-18;/h5-6,9,12H,7-8,10-11,17H2,1-4H3;1H. The third-order valence-corrected chi connectivity index (χ3v) is 6.00. The first-order chi connectivity index (χ1) is 10.2. The fourth-order valence-corrected chi connectivity index (χ4v) is 4.34. The summed E-state index contributed by atoms with van der Waals surface area (Å²) in [6.45, 7) is 9.30. The minimum absolute atomic E-state index is 0. The van der Waals surface area contributed by atoms with Gasteiger partial charge in [-0.05, 0) is 62.9 Å². The van der Waals surface area contributed by atoms with E-state index in [0.717, 1.165) is 17.7 Å². The highest BCUT2D eigenvalue weighted by atomic mass is 35.5. The molecule has 132 valence electrons. The lowest BCUT2D eigenvalue weighted by atomic mass is 9.90. The van der Waals surface area contributed by atoms with E-state index in [0.29, 0.717) is 24.5 Å². The van der Waals surface area contributed by atoms with Crippen molar-refractivity contribution in [2.75, 3.05) is 19.6 Å². The van der Waals surface area contributed by atoms with Crippen molar-refractivity contribution < 1.29 is 13.2 Å². The molecule has 1 heterocycles. The number of rotatable bonds is 5. The maximum absolute atomic E-state index is 12.8. The van der Waals surface area contributed by atoms with Crippen LogP contribution in [-0.4, -0.2) is 38.5 Å². The van der Waals surface area contributed by atoms with E-state index >= 15 is 0 Å². The van der Waals surface area contributed by atoms with E-state index in [2.05, 4.69) is 0 Å². The highest BCUT2D eigenvalue weighted by Crippen LogP contribution is 2.33. The molecule has 0 spiro atoms. The number of nitrogens with two attached hydrogens (primary N) is 1.